The monoisotopic (exact) mass is 489 g/mol. The number of nitrogens with one attached hydrogen (secondary N) is 2. The Labute approximate surface area is 197 Å². The summed E-state index contributed by atoms with van der Waals surface area (Å²) in [5, 5.41) is 12.6. The Morgan fingerprint density at radius 3 is 2.65 bits per heavy atom. The van der Waals surface area contributed by atoms with Crippen LogP contribution in [-0.4, -0.2) is 58.3 Å². The Morgan fingerprint density at radius 2 is 2.03 bits per heavy atom. The van der Waals surface area contributed by atoms with Crippen LogP contribution in [0.15, 0.2) is 35.6 Å². The molecule has 0 saturated carbocycles. The number of amides is 1. The maximum atomic E-state index is 14.6. The number of fused-ring (bicyclic) bond motifs is 1. The van der Waals surface area contributed by atoms with E-state index in [1.807, 2.05) is 27.0 Å². The van der Waals surface area contributed by atoms with E-state index in [0.717, 1.165) is 17.9 Å². The molecule has 1 aromatic carbocycles. The molecule has 0 aliphatic carbocycles. The third kappa shape index (κ3) is 4.56. The van der Waals surface area contributed by atoms with Crippen molar-refractivity contribution in [3.8, 4) is 0 Å². The number of nitrogens with zero attached hydrogens (tertiary/aromatic N) is 3. The molecular formula is C23H28FN5O4S. The molecule has 1 saturated heterocycles. The number of benzene rings is 1. The second-order valence-corrected chi connectivity index (χ2v) is 11.8. The van der Waals surface area contributed by atoms with Crippen LogP contribution < -0.4 is 5.32 Å². The first-order chi connectivity index (χ1) is 15.9. The highest BCUT2D eigenvalue weighted by atomic mass is 32.2. The average molecular weight is 490 g/mol. The fourth-order valence-corrected chi connectivity index (χ4v) is 5.25. The maximum absolute atomic E-state index is 14.6. The normalized spacial score (nSPS) is 19.4. The molecule has 11 heteroatoms. The Hall–Kier alpha value is -3.21. The number of halogens is 1. The topological polar surface area (TPSA) is 128 Å². The van der Waals surface area contributed by atoms with Crippen LogP contribution >= 0.6 is 0 Å². The molecule has 3 heterocycles. The van der Waals surface area contributed by atoms with Crippen molar-refractivity contribution in [2.45, 2.75) is 50.5 Å². The zero-order chi connectivity index (χ0) is 24.8. The van der Waals surface area contributed by atoms with Crippen LogP contribution in [0.1, 0.15) is 45.1 Å². The van der Waals surface area contributed by atoms with Gasteiger partial charge in [-0.2, -0.15) is 0 Å². The molecule has 0 bridgehead atoms. The van der Waals surface area contributed by atoms with Gasteiger partial charge in [0.2, 0.25) is 0 Å². The van der Waals surface area contributed by atoms with Crippen LogP contribution in [0, 0.1) is 11.2 Å². The van der Waals surface area contributed by atoms with Crippen molar-refractivity contribution in [1.29, 1.82) is 0 Å². The molecule has 3 N–H and O–H groups in total. The predicted octanol–water partition coefficient (Wildman–Crippen LogP) is 4.52. The molecular weight excluding hydrogens is 461 g/mol. The van der Waals surface area contributed by atoms with Gasteiger partial charge in [0.05, 0.1) is 16.1 Å². The van der Waals surface area contributed by atoms with Gasteiger partial charge in [-0.1, -0.05) is 20.8 Å². The second kappa shape index (κ2) is 8.53. The zero-order valence-electron chi connectivity index (χ0n) is 19.5. The molecule has 182 valence electrons. The van der Waals surface area contributed by atoms with Gasteiger partial charge in [0.25, 0.3) is 0 Å². The van der Waals surface area contributed by atoms with Crippen molar-refractivity contribution in [3.63, 3.8) is 0 Å². The first kappa shape index (κ1) is 23.9. The number of hydrogen-bond donors (Lipinski definition) is 3. The van der Waals surface area contributed by atoms with Crippen molar-refractivity contribution >= 4 is 38.5 Å². The van der Waals surface area contributed by atoms with E-state index in [2.05, 4.69) is 20.3 Å². The number of rotatable bonds is 4. The molecule has 9 nitrogen and oxygen atoms in total. The lowest BCUT2D eigenvalue weighted by Gasteiger charge is -2.44. The van der Waals surface area contributed by atoms with E-state index in [-0.39, 0.29) is 28.0 Å². The number of H-pyrrole nitrogens is 1. The molecule has 4 rings (SSSR count). The highest BCUT2D eigenvalue weighted by molar-refractivity contribution is 7.90. The van der Waals surface area contributed by atoms with Crippen molar-refractivity contribution in [3.05, 3.63) is 42.1 Å². The molecule has 1 aliphatic heterocycles. The van der Waals surface area contributed by atoms with Gasteiger partial charge in [-0.15, -0.1) is 0 Å². The van der Waals surface area contributed by atoms with Crippen LogP contribution in [0.5, 0.6) is 0 Å². The summed E-state index contributed by atoms with van der Waals surface area (Å²) in [7, 11) is -3.52. The van der Waals surface area contributed by atoms with Crippen LogP contribution in [-0.2, 0) is 9.84 Å². The largest absolute Gasteiger partial charge is 0.465 e. The smallest absolute Gasteiger partial charge is 0.407 e. The van der Waals surface area contributed by atoms with Gasteiger partial charge in [-0.05, 0) is 47.9 Å². The summed E-state index contributed by atoms with van der Waals surface area (Å²) in [4.78, 5) is 25.0. The summed E-state index contributed by atoms with van der Waals surface area (Å²) in [5.74, 6) is -0.254. The molecule has 2 unspecified atom stereocenters. The van der Waals surface area contributed by atoms with Crippen molar-refractivity contribution in [2.24, 2.45) is 5.41 Å². The minimum absolute atomic E-state index is 0.0890. The molecule has 2 aromatic heterocycles. The van der Waals surface area contributed by atoms with Crippen molar-refractivity contribution in [1.82, 2.24) is 19.9 Å². The molecule has 0 spiro atoms. The fourth-order valence-electron chi connectivity index (χ4n) is 4.62. The highest BCUT2D eigenvalue weighted by Gasteiger charge is 2.39. The van der Waals surface area contributed by atoms with E-state index >= 15 is 0 Å². The fraction of sp³-hybridized carbons (Fsp3) is 0.435. The summed E-state index contributed by atoms with van der Waals surface area (Å²) in [6.45, 7) is 6.56. The van der Waals surface area contributed by atoms with E-state index < -0.39 is 21.7 Å². The van der Waals surface area contributed by atoms with Crippen molar-refractivity contribution < 1.29 is 22.7 Å². The number of likely N-dealkylation sites (tertiary alicyclic amines) is 1. The number of anilines is 2. The van der Waals surface area contributed by atoms with E-state index in [0.29, 0.717) is 36.2 Å². The summed E-state index contributed by atoms with van der Waals surface area (Å²) in [5.41, 5.74) is 2.11. The van der Waals surface area contributed by atoms with Gasteiger partial charge in [-0.3, -0.25) is 0 Å². The number of carbonyl (C=O) groups is 1. The molecule has 2 atom stereocenters. The third-order valence-corrected chi connectivity index (χ3v) is 7.51. The van der Waals surface area contributed by atoms with E-state index in [4.69, 9.17) is 0 Å². The molecule has 1 fully saturated rings. The third-order valence-electron chi connectivity index (χ3n) is 6.40. The lowest BCUT2D eigenvalue weighted by molar-refractivity contribution is 0.0527. The molecule has 0 radical (unpaired) electrons. The summed E-state index contributed by atoms with van der Waals surface area (Å²) in [6, 6.07) is 3.52. The first-order valence-electron chi connectivity index (χ1n) is 10.9. The summed E-state index contributed by atoms with van der Waals surface area (Å²) >= 11 is 0. The molecule has 1 amide bonds. The Bertz CT molecular complexity index is 1350. The van der Waals surface area contributed by atoms with Gasteiger partial charge in [0.15, 0.2) is 15.7 Å². The molecule has 34 heavy (non-hydrogen) atoms. The summed E-state index contributed by atoms with van der Waals surface area (Å²) < 4.78 is 37.9. The second-order valence-electron chi connectivity index (χ2n) is 9.81. The Morgan fingerprint density at radius 1 is 1.29 bits per heavy atom. The molecule has 1 aliphatic rings. The number of sulfone groups is 1. The van der Waals surface area contributed by atoms with Crippen LogP contribution in [0.2, 0.25) is 0 Å². The first-order valence-corrected chi connectivity index (χ1v) is 12.8. The van der Waals surface area contributed by atoms with Gasteiger partial charge < -0.3 is 20.3 Å². The van der Waals surface area contributed by atoms with Gasteiger partial charge >= 0.3 is 6.09 Å². The standard InChI is InChI=1S/C23H28FN5O4S/c1-23(2,3)18-9-13(7-8-29(18)22(30)31)15-11-25-20-19(15)26-12-27-21(20)28-17-6-5-14(10-16(17)24)34(4,32)33/h5-6,10-13,18,25H,7-9H2,1-4H3,(H,30,31)(H,26,27,28). The number of aromatic nitrogens is 3. The SMILES string of the molecule is CC(C)(C)C1CC(c2c[nH]c3c(Nc4ccc(S(C)(=O)=O)cc4F)ncnc23)CCN1C(=O)O. The van der Waals surface area contributed by atoms with Crippen LogP contribution in [0.3, 0.4) is 0 Å². The quantitative estimate of drug-likeness (QED) is 0.492. The summed E-state index contributed by atoms with van der Waals surface area (Å²) in [6.07, 6.45) is 4.69. The predicted molar refractivity (Wildman–Crippen MR) is 127 cm³/mol. The number of carboxylic acid groups (broad SMARTS) is 1. The van der Waals surface area contributed by atoms with E-state index in [1.165, 1.54) is 23.4 Å². The Balaban J connectivity index is 1.65. The molecule has 3 aromatic rings. The highest BCUT2D eigenvalue weighted by Crippen LogP contribution is 2.41. The van der Waals surface area contributed by atoms with Gasteiger partial charge in [-0.25, -0.2) is 27.6 Å². The number of hydrogen-bond acceptors (Lipinski definition) is 6. The number of aromatic amines is 1. The van der Waals surface area contributed by atoms with Gasteiger partial charge in [0, 0.05) is 25.0 Å². The van der Waals surface area contributed by atoms with E-state index in [9.17, 15) is 22.7 Å². The van der Waals surface area contributed by atoms with Crippen LogP contribution in [0.4, 0.5) is 20.7 Å². The Kier molecular flexibility index (Phi) is 6.01. The maximum Gasteiger partial charge on any atom is 0.407 e. The minimum atomic E-state index is -3.52. The average Bonchev–Trinajstić information content (AvgIpc) is 3.18. The number of piperidine rings is 1. The van der Waals surface area contributed by atoms with Crippen LogP contribution in [0.25, 0.3) is 11.0 Å². The lowest BCUT2D eigenvalue weighted by atomic mass is 9.75. The lowest BCUT2D eigenvalue weighted by Crippen LogP contribution is -2.51. The zero-order valence-corrected chi connectivity index (χ0v) is 20.3. The van der Waals surface area contributed by atoms with E-state index in [1.54, 1.807) is 0 Å². The van der Waals surface area contributed by atoms with Crippen molar-refractivity contribution in [2.75, 3.05) is 18.1 Å². The minimum Gasteiger partial charge on any atom is -0.465 e. The van der Waals surface area contributed by atoms with Gasteiger partial charge in [0.1, 0.15) is 17.7 Å².